The number of amides is 3. The molecule has 0 bridgehead atoms. The number of aliphatic hydroxyl groups excluding tert-OH is 1. The lowest BCUT2D eigenvalue weighted by Crippen LogP contribution is -2.53. The molecule has 0 radical (unpaired) electrons. The van der Waals surface area contributed by atoms with Crippen molar-refractivity contribution in [1.29, 1.82) is 0 Å². The smallest absolute Gasteiger partial charge is 0.251 e. The van der Waals surface area contributed by atoms with Crippen LogP contribution in [-0.4, -0.2) is 80.9 Å². The average molecular weight is 530 g/mol. The molecule has 1 spiro atoms. The Morgan fingerprint density at radius 2 is 1.72 bits per heavy atom. The van der Waals surface area contributed by atoms with E-state index in [-0.39, 0.29) is 30.9 Å². The molecular formula is C27H32ClN3O4S. The first kappa shape index (κ1) is 25.4. The van der Waals surface area contributed by atoms with Crippen molar-refractivity contribution < 1.29 is 19.5 Å². The second-order valence-electron chi connectivity index (χ2n) is 10.1. The first-order valence-corrected chi connectivity index (χ1v) is 13.8. The summed E-state index contributed by atoms with van der Waals surface area (Å²) >= 11 is 7.67. The van der Waals surface area contributed by atoms with E-state index in [0.29, 0.717) is 36.8 Å². The van der Waals surface area contributed by atoms with E-state index in [1.165, 1.54) is 0 Å². The van der Waals surface area contributed by atoms with Crippen LogP contribution in [0, 0.1) is 11.8 Å². The first-order valence-electron chi connectivity index (χ1n) is 12.6. The van der Waals surface area contributed by atoms with Gasteiger partial charge in [0.05, 0.1) is 16.6 Å². The monoisotopic (exact) mass is 529 g/mol. The molecule has 4 heterocycles. The number of rotatable bonds is 6. The number of thioether (sulfide) groups is 1. The molecule has 3 amide bonds. The zero-order valence-corrected chi connectivity index (χ0v) is 22.2. The maximum atomic E-state index is 14.3. The number of hydrogen-bond acceptors (Lipinski definition) is 5. The minimum absolute atomic E-state index is 0.0190. The summed E-state index contributed by atoms with van der Waals surface area (Å²) in [4.78, 5) is 47.5. The topological polar surface area (TPSA) is 81.2 Å². The van der Waals surface area contributed by atoms with Gasteiger partial charge in [-0.05, 0) is 44.0 Å². The van der Waals surface area contributed by atoms with Crippen molar-refractivity contribution >= 4 is 46.8 Å². The maximum absolute atomic E-state index is 14.3. The van der Waals surface area contributed by atoms with Crippen LogP contribution in [0.4, 0.5) is 5.69 Å². The number of anilines is 1. The van der Waals surface area contributed by atoms with Gasteiger partial charge in [-0.2, -0.15) is 0 Å². The van der Waals surface area contributed by atoms with Gasteiger partial charge in [-0.15, -0.1) is 11.8 Å². The molecule has 0 aromatic heterocycles. The Kier molecular flexibility index (Phi) is 6.72. The molecule has 1 unspecified atom stereocenters. The molecule has 1 aromatic carbocycles. The summed E-state index contributed by atoms with van der Waals surface area (Å²) in [6.07, 6.45) is 9.28. The van der Waals surface area contributed by atoms with Gasteiger partial charge in [0.15, 0.2) is 0 Å². The fraction of sp³-hybridized carbons (Fsp3) is 0.519. The number of likely N-dealkylation sites (tertiary alicyclic amines) is 1. The number of nitrogens with zero attached hydrogens (tertiary/aromatic N) is 3. The second kappa shape index (κ2) is 9.54. The number of halogens is 1. The van der Waals surface area contributed by atoms with Gasteiger partial charge >= 0.3 is 0 Å². The van der Waals surface area contributed by atoms with Gasteiger partial charge in [0.25, 0.3) is 5.91 Å². The lowest BCUT2D eigenvalue weighted by Gasteiger charge is -2.36. The van der Waals surface area contributed by atoms with E-state index in [1.54, 1.807) is 45.8 Å². The molecular weight excluding hydrogens is 498 g/mol. The molecule has 0 saturated carbocycles. The Labute approximate surface area is 221 Å². The lowest BCUT2D eigenvalue weighted by atomic mass is 9.74. The SMILES string of the molecule is CCCN1CC=C[C@@]2(C)S[C@]34C=CCN(c5ccc(Cl)cc5)C(=O)C3N(CCCO)C(=O)[C@@H]4[C@H]2C1=O. The minimum Gasteiger partial charge on any atom is -0.396 e. The van der Waals surface area contributed by atoms with Crippen molar-refractivity contribution in [3.8, 4) is 0 Å². The molecule has 2 fully saturated rings. The van der Waals surface area contributed by atoms with Crippen molar-refractivity contribution in [1.82, 2.24) is 9.80 Å². The van der Waals surface area contributed by atoms with Crippen molar-refractivity contribution in [2.75, 3.05) is 37.7 Å². The molecule has 2 saturated heterocycles. The summed E-state index contributed by atoms with van der Waals surface area (Å²) in [7, 11) is 0. The highest BCUT2D eigenvalue weighted by Crippen LogP contribution is 2.65. The predicted molar refractivity (Wildman–Crippen MR) is 142 cm³/mol. The molecule has 5 atom stereocenters. The summed E-state index contributed by atoms with van der Waals surface area (Å²) in [5, 5.41) is 10.1. The normalized spacial score (nSPS) is 33.5. The Bertz CT molecular complexity index is 1120. The van der Waals surface area contributed by atoms with E-state index in [2.05, 4.69) is 6.08 Å². The zero-order chi connectivity index (χ0) is 25.7. The van der Waals surface area contributed by atoms with E-state index in [1.807, 2.05) is 37.0 Å². The van der Waals surface area contributed by atoms with Gasteiger partial charge in [0, 0.05) is 48.2 Å². The first-order chi connectivity index (χ1) is 17.3. The lowest BCUT2D eigenvalue weighted by molar-refractivity contribution is -0.143. The van der Waals surface area contributed by atoms with E-state index in [9.17, 15) is 19.5 Å². The van der Waals surface area contributed by atoms with Gasteiger partial charge in [-0.3, -0.25) is 14.4 Å². The van der Waals surface area contributed by atoms with Gasteiger partial charge in [0.1, 0.15) is 6.04 Å². The number of benzene rings is 1. The summed E-state index contributed by atoms with van der Waals surface area (Å²) in [6.45, 7) is 5.77. The van der Waals surface area contributed by atoms with Crippen molar-refractivity contribution in [2.45, 2.75) is 42.2 Å². The molecule has 1 aromatic rings. The third kappa shape index (κ3) is 3.80. The summed E-state index contributed by atoms with van der Waals surface area (Å²) < 4.78 is -1.49. The number of carbonyl (C=O) groups is 3. The van der Waals surface area contributed by atoms with Crippen LogP contribution in [0.1, 0.15) is 26.7 Å². The van der Waals surface area contributed by atoms with Gasteiger partial charge in [-0.25, -0.2) is 0 Å². The number of hydrogen-bond donors (Lipinski definition) is 1. The third-order valence-electron chi connectivity index (χ3n) is 7.83. The fourth-order valence-electron chi connectivity index (χ4n) is 6.38. The predicted octanol–water partition coefficient (Wildman–Crippen LogP) is 3.12. The van der Waals surface area contributed by atoms with E-state index in [0.717, 1.165) is 6.42 Å². The Morgan fingerprint density at radius 1 is 1.00 bits per heavy atom. The van der Waals surface area contributed by atoms with Crippen molar-refractivity contribution in [2.24, 2.45) is 11.8 Å². The van der Waals surface area contributed by atoms with Crippen LogP contribution in [0.3, 0.4) is 0 Å². The second-order valence-corrected chi connectivity index (χ2v) is 12.3. The van der Waals surface area contributed by atoms with Gasteiger partial charge < -0.3 is 19.8 Å². The van der Waals surface area contributed by atoms with E-state index in [4.69, 9.17) is 11.6 Å². The van der Waals surface area contributed by atoms with Crippen molar-refractivity contribution in [3.05, 3.63) is 53.6 Å². The highest BCUT2D eigenvalue weighted by molar-refractivity contribution is 8.02. The van der Waals surface area contributed by atoms with E-state index >= 15 is 0 Å². The molecule has 192 valence electrons. The molecule has 36 heavy (non-hydrogen) atoms. The van der Waals surface area contributed by atoms with Gasteiger partial charge in [-0.1, -0.05) is 42.8 Å². The average Bonchev–Trinajstić information content (AvgIpc) is 3.12. The van der Waals surface area contributed by atoms with Gasteiger partial charge in [0.2, 0.25) is 11.8 Å². The molecule has 4 aliphatic rings. The highest BCUT2D eigenvalue weighted by Gasteiger charge is 2.73. The van der Waals surface area contributed by atoms with E-state index < -0.39 is 27.4 Å². The molecule has 9 heteroatoms. The molecule has 4 aliphatic heterocycles. The third-order valence-corrected chi connectivity index (χ3v) is 9.88. The van der Waals surface area contributed by atoms with Crippen molar-refractivity contribution in [3.63, 3.8) is 0 Å². The van der Waals surface area contributed by atoms with Crippen LogP contribution in [0.5, 0.6) is 0 Å². The Morgan fingerprint density at radius 3 is 2.42 bits per heavy atom. The summed E-state index contributed by atoms with van der Waals surface area (Å²) in [5.41, 5.74) is 0.706. The van der Waals surface area contributed by atoms with Crippen LogP contribution >= 0.6 is 23.4 Å². The fourth-order valence-corrected chi connectivity index (χ4v) is 8.66. The standard InChI is InChI=1S/C27H32ClN3O4S/c1-3-13-29-14-4-11-26(2)20(23(29)33)21-24(34)31(16-6-17-32)22-25(35)30(15-5-12-27(21,22)36-26)19-9-7-18(28)8-10-19/h4-5,7-12,20-22,32H,3,6,13-17H2,1-2H3/t20-,21-,22?,26+,27-/m0/s1. The number of carbonyl (C=O) groups excluding carboxylic acids is 3. The van der Waals surface area contributed by atoms with Crippen LogP contribution in [-0.2, 0) is 14.4 Å². The largest absolute Gasteiger partial charge is 0.396 e. The molecule has 7 nitrogen and oxygen atoms in total. The minimum atomic E-state index is -0.876. The Balaban J connectivity index is 1.62. The number of fused-ring (bicyclic) bond motifs is 2. The zero-order valence-electron chi connectivity index (χ0n) is 20.6. The molecule has 1 N–H and O–H groups in total. The van der Waals surface area contributed by atoms with Crippen LogP contribution in [0.15, 0.2) is 48.6 Å². The number of aliphatic hydroxyl groups is 1. The maximum Gasteiger partial charge on any atom is 0.251 e. The quantitative estimate of drug-likeness (QED) is 0.573. The Hall–Kier alpha value is -2.29. The molecule has 0 aliphatic carbocycles. The van der Waals surface area contributed by atoms with Crippen LogP contribution in [0.2, 0.25) is 5.02 Å². The highest BCUT2D eigenvalue weighted by atomic mass is 35.5. The van der Waals surface area contributed by atoms with Crippen LogP contribution < -0.4 is 4.90 Å². The summed E-state index contributed by atoms with van der Waals surface area (Å²) in [6, 6.07) is 6.33. The molecule has 5 rings (SSSR count). The summed E-state index contributed by atoms with van der Waals surface area (Å²) in [5.74, 6) is -1.59. The van der Waals surface area contributed by atoms with Crippen LogP contribution in [0.25, 0.3) is 0 Å².